The van der Waals surface area contributed by atoms with E-state index in [0.717, 1.165) is 47.7 Å². The van der Waals surface area contributed by atoms with Crippen LogP contribution in [0.25, 0.3) is 0 Å². The zero-order valence-corrected chi connectivity index (χ0v) is 14.4. The van der Waals surface area contributed by atoms with Gasteiger partial charge in [0.2, 0.25) is 0 Å². The van der Waals surface area contributed by atoms with Crippen molar-refractivity contribution in [2.45, 2.75) is 29.9 Å². The first kappa shape index (κ1) is 16.6. The molecule has 24 heavy (non-hydrogen) atoms. The molecule has 1 heterocycles. The second-order valence-corrected chi connectivity index (χ2v) is 6.96. The molecule has 0 unspecified atom stereocenters. The zero-order valence-electron chi connectivity index (χ0n) is 13.6. The highest BCUT2D eigenvalue weighted by molar-refractivity contribution is 7.98. The third kappa shape index (κ3) is 3.98. The molecule has 0 spiro atoms. The van der Waals surface area contributed by atoms with Crippen LogP contribution in [0.2, 0.25) is 0 Å². The molecule has 0 atom stereocenters. The normalized spacial score (nSPS) is 14.2. The molecule has 0 aromatic heterocycles. The molecule has 1 fully saturated rings. The summed E-state index contributed by atoms with van der Waals surface area (Å²) in [4.78, 5) is 15.8. The molecule has 1 saturated heterocycles. The van der Waals surface area contributed by atoms with Gasteiger partial charge in [-0.05, 0) is 49.1 Å². The minimum absolute atomic E-state index is 0.151. The summed E-state index contributed by atoms with van der Waals surface area (Å²) in [5.74, 6) is 0.938. The van der Waals surface area contributed by atoms with Gasteiger partial charge in [0.15, 0.2) is 0 Å². The highest BCUT2D eigenvalue weighted by atomic mass is 32.2. The van der Waals surface area contributed by atoms with Gasteiger partial charge in [-0.3, -0.25) is 4.79 Å². The van der Waals surface area contributed by atoms with E-state index in [1.165, 1.54) is 6.42 Å². The Balaban J connectivity index is 1.71. The summed E-state index contributed by atoms with van der Waals surface area (Å²) >= 11 is 1.68. The van der Waals surface area contributed by atoms with E-state index in [-0.39, 0.29) is 5.91 Å². The lowest BCUT2D eigenvalue weighted by molar-refractivity contribution is 0.0721. The molecule has 0 aliphatic carbocycles. The first-order valence-electron chi connectivity index (χ1n) is 8.28. The van der Waals surface area contributed by atoms with Gasteiger partial charge in [-0.15, -0.1) is 11.8 Å². The molecule has 122 valence electrons. The number of thioether (sulfide) groups is 1. The number of likely N-dealkylation sites (tertiary alicyclic amines) is 1. The Labute approximate surface area is 147 Å². The summed E-state index contributed by atoms with van der Waals surface area (Å²) in [6.07, 6.45) is 3.43. The topological polar surface area (TPSA) is 44.1 Å². The van der Waals surface area contributed by atoms with Crippen LogP contribution in [0.15, 0.2) is 53.4 Å². The van der Waals surface area contributed by atoms with E-state index >= 15 is 0 Å². The van der Waals surface area contributed by atoms with Crippen LogP contribution in [0, 0.1) is 11.3 Å². The van der Waals surface area contributed by atoms with Gasteiger partial charge >= 0.3 is 0 Å². The molecule has 1 amide bonds. The summed E-state index contributed by atoms with van der Waals surface area (Å²) in [7, 11) is 0. The lowest BCUT2D eigenvalue weighted by Gasteiger charge is -2.27. The highest BCUT2D eigenvalue weighted by Crippen LogP contribution is 2.28. The number of amides is 1. The Morgan fingerprint density at radius 1 is 1.04 bits per heavy atom. The van der Waals surface area contributed by atoms with Crippen LogP contribution in [-0.2, 0) is 5.75 Å². The van der Waals surface area contributed by atoms with E-state index in [1.54, 1.807) is 11.8 Å². The fraction of sp³-hybridized carbons (Fsp3) is 0.300. The Bertz CT molecular complexity index is 743. The van der Waals surface area contributed by atoms with Crippen LogP contribution in [0.4, 0.5) is 0 Å². The van der Waals surface area contributed by atoms with Crippen molar-refractivity contribution in [3.63, 3.8) is 0 Å². The smallest absolute Gasteiger partial charge is 0.254 e. The fourth-order valence-corrected chi connectivity index (χ4v) is 3.87. The number of carbonyl (C=O) groups excluding carboxylic acids is 1. The maximum Gasteiger partial charge on any atom is 0.254 e. The van der Waals surface area contributed by atoms with Crippen molar-refractivity contribution in [1.29, 1.82) is 5.26 Å². The molecule has 3 rings (SSSR count). The lowest BCUT2D eigenvalue weighted by atomic mass is 10.1. The van der Waals surface area contributed by atoms with Crippen molar-refractivity contribution in [3.05, 3.63) is 65.2 Å². The molecule has 2 aromatic rings. The molecule has 0 N–H and O–H groups in total. The van der Waals surface area contributed by atoms with E-state index < -0.39 is 0 Å². The summed E-state index contributed by atoms with van der Waals surface area (Å²) in [6.45, 7) is 1.74. The Hall–Kier alpha value is -2.25. The van der Waals surface area contributed by atoms with Gasteiger partial charge in [-0.25, -0.2) is 0 Å². The van der Waals surface area contributed by atoms with E-state index in [4.69, 9.17) is 5.26 Å². The van der Waals surface area contributed by atoms with Gasteiger partial charge in [0.25, 0.3) is 5.91 Å². The van der Waals surface area contributed by atoms with Crippen LogP contribution in [0.1, 0.15) is 40.7 Å². The van der Waals surface area contributed by atoms with Gasteiger partial charge in [0.05, 0.1) is 17.2 Å². The maximum atomic E-state index is 12.8. The van der Waals surface area contributed by atoms with Crippen molar-refractivity contribution in [1.82, 2.24) is 4.90 Å². The van der Waals surface area contributed by atoms with Crippen LogP contribution in [-0.4, -0.2) is 23.9 Å². The first-order chi connectivity index (χ1) is 11.8. The number of benzene rings is 2. The average molecular weight is 336 g/mol. The predicted molar refractivity (Wildman–Crippen MR) is 96.9 cm³/mol. The van der Waals surface area contributed by atoms with E-state index in [9.17, 15) is 4.79 Å². The van der Waals surface area contributed by atoms with Crippen LogP contribution >= 0.6 is 11.8 Å². The number of nitriles is 1. The SMILES string of the molecule is N#Cc1ccc(CSc2ccccc2C(=O)N2CCCCC2)cc1. The Morgan fingerprint density at radius 3 is 2.46 bits per heavy atom. The summed E-state index contributed by atoms with van der Waals surface area (Å²) in [5, 5.41) is 8.86. The maximum absolute atomic E-state index is 12.8. The predicted octanol–water partition coefficient (Wildman–Crippen LogP) is 4.48. The van der Waals surface area contributed by atoms with Crippen LogP contribution in [0.3, 0.4) is 0 Å². The third-order valence-corrected chi connectivity index (χ3v) is 5.38. The molecular formula is C20H20N2OS. The quantitative estimate of drug-likeness (QED) is 0.773. The number of piperidine rings is 1. The molecule has 0 radical (unpaired) electrons. The summed E-state index contributed by atoms with van der Waals surface area (Å²) < 4.78 is 0. The molecule has 2 aromatic carbocycles. The lowest BCUT2D eigenvalue weighted by Crippen LogP contribution is -2.35. The zero-order chi connectivity index (χ0) is 16.8. The number of carbonyl (C=O) groups is 1. The monoisotopic (exact) mass is 336 g/mol. The van der Waals surface area contributed by atoms with Crippen molar-refractivity contribution in [2.24, 2.45) is 0 Å². The highest BCUT2D eigenvalue weighted by Gasteiger charge is 2.20. The Morgan fingerprint density at radius 2 is 1.75 bits per heavy atom. The average Bonchev–Trinajstić information content (AvgIpc) is 2.67. The fourth-order valence-electron chi connectivity index (χ4n) is 2.87. The molecule has 0 saturated carbocycles. The van der Waals surface area contributed by atoms with Crippen molar-refractivity contribution in [3.8, 4) is 6.07 Å². The van der Waals surface area contributed by atoms with Gasteiger partial charge in [0.1, 0.15) is 0 Å². The summed E-state index contributed by atoms with van der Waals surface area (Å²) in [6, 6.07) is 17.6. The second-order valence-electron chi connectivity index (χ2n) is 5.95. The minimum Gasteiger partial charge on any atom is -0.339 e. The Kier molecular flexibility index (Phi) is 5.55. The number of rotatable bonds is 4. The van der Waals surface area contributed by atoms with Gasteiger partial charge < -0.3 is 4.90 Å². The molecule has 4 heteroatoms. The largest absolute Gasteiger partial charge is 0.339 e. The molecule has 3 nitrogen and oxygen atoms in total. The minimum atomic E-state index is 0.151. The van der Waals surface area contributed by atoms with E-state index in [2.05, 4.69) is 6.07 Å². The second kappa shape index (κ2) is 8.03. The standard InChI is InChI=1S/C20H20N2OS/c21-14-16-8-10-17(11-9-16)15-24-19-7-3-2-6-18(19)20(23)22-12-4-1-5-13-22/h2-3,6-11H,1,4-5,12-13,15H2. The van der Waals surface area contributed by atoms with Crippen molar-refractivity contribution < 1.29 is 4.79 Å². The number of hydrogen-bond acceptors (Lipinski definition) is 3. The molecular weight excluding hydrogens is 316 g/mol. The molecule has 1 aliphatic rings. The van der Waals surface area contributed by atoms with Crippen LogP contribution < -0.4 is 0 Å². The molecule has 1 aliphatic heterocycles. The van der Waals surface area contributed by atoms with Crippen LogP contribution in [0.5, 0.6) is 0 Å². The van der Waals surface area contributed by atoms with Crippen molar-refractivity contribution in [2.75, 3.05) is 13.1 Å². The number of hydrogen-bond donors (Lipinski definition) is 0. The number of nitrogens with zero attached hydrogens (tertiary/aromatic N) is 2. The third-order valence-electron chi connectivity index (χ3n) is 4.24. The molecule has 0 bridgehead atoms. The van der Waals surface area contributed by atoms with Gasteiger partial charge in [-0.1, -0.05) is 24.3 Å². The van der Waals surface area contributed by atoms with Gasteiger partial charge in [-0.2, -0.15) is 5.26 Å². The van der Waals surface area contributed by atoms with E-state index in [0.29, 0.717) is 5.56 Å². The van der Waals surface area contributed by atoms with Crippen molar-refractivity contribution >= 4 is 17.7 Å². The van der Waals surface area contributed by atoms with Gasteiger partial charge in [0, 0.05) is 23.7 Å². The first-order valence-corrected chi connectivity index (χ1v) is 9.26. The van der Waals surface area contributed by atoms with E-state index in [1.807, 2.05) is 53.4 Å². The summed E-state index contributed by atoms with van der Waals surface area (Å²) in [5.41, 5.74) is 2.63.